The van der Waals surface area contributed by atoms with Gasteiger partial charge in [0.05, 0.1) is 6.04 Å². The van der Waals surface area contributed by atoms with E-state index >= 15 is 0 Å². The molecule has 0 radical (unpaired) electrons. The van der Waals surface area contributed by atoms with Gasteiger partial charge >= 0.3 is 11.9 Å². The number of ether oxygens (including phenoxy) is 1. The normalized spacial score (nSPS) is 18.2. The topological polar surface area (TPSA) is 146 Å². The van der Waals surface area contributed by atoms with Crippen molar-refractivity contribution in [3.8, 4) is 0 Å². The minimum Gasteiger partial charge on any atom is -0.480 e. The number of nitrogens with one attached hydrogen (secondary N) is 1. The van der Waals surface area contributed by atoms with Gasteiger partial charge in [0.25, 0.3) is 5.91 Å². The number of carbonyl (C=O) groups excluding carboxylic acids is 4. The van der Waals surface area contributed by atoms with Gasteiger partial charge in [-0.3, -0.25) is 24.1 Å². The molecule has 0 aliphatic carbocycles. The average Bonchev–Trinajstić information content (AvgIpc) is 3.55. The highest BCUT2D eigenvalue weighted by Gasteiger charge is 2.37. The van der Waals surface area contributed by atoms with E-state index in [0.29, 0.717) is 5.01 Å². The molecule has 11 nitrogen and oxygen atoms in total. The van der Waals surface area contributed by atoms with E-state index in [0.717, 1.165) is 54.7 Å². The van der Waals surface area contributed by atoms with Gasteiger partial charge in [-0.1, -0.05) is 70.4 Å². The summed E-state index contributed by atoms with van der Waals surface area (Å²) in [5.74, 6) is -2.90. The quantitative estimate of drug-likeness (QED) is 0.206. The van der Waals surface area contributed by atoms with E-state index in [1.54, 1.807) is 11.9 Å². The molecule has 0 spiro atoms. The van der Waals surface area contributed by atoms with Crippen molar-refractivity contribution in [1.82, 2.24) is 20.1 Å². The number of nitrogens with zero attached hydrogens (tertiary/aromatic N) is 3. The van der Waals surface area contributed by atoms with Crippen molar-refractivity contribution in [3.05, 3.63) is 51.5 Å². The predicted molar refractivity (Wildman–Crippen MR) is 189 cm³/mol. The number of aromatic nitrogens is 1. The minimum absolute atomic E-state index is 0.00876. The van der Waals surface area contributed by atoms with Crippen LogP contribution in [0, 0.1) is 24.7 Å². The molecule has 12 heteroatoms. The molecule has 1 aromatic carbocycles. The van der Waals surface area contributed by atoms with Crippen LogP contribution in [0.2, 0.25) is 0 Å². The molecule has 270 valence electrons. The van der Waals surface area contributed by atoms with Crippen molar-refractivity contribution in [2.24, 2.45) is 17.8 Å². The Morgan fingerprint density at radius 3 is 2.37 bits per heavy atom. The molecule has 2 heterocycles. The lowest BCUT2D eigenvalue weighted by Crippen LogP contribution is -2.48. The first-order valence-corrected chi connectivity index (χ1v) is 18.2. The molecule has 49 heavy (non-hydrogen) atoms. The largest absolute Gasteiger partial charge is 0.480 e. The number of hydrogen-bond acceptors (Lipinski definition) is 9. The first-order valence-electron chi connectivity index (χ1n) is 17.3. The van der Waals surface area contributed by atoms with Gasteiger partial charge < -0.3 is 20.1 Å². The Morgan fingerprint density at radius 2 is 1.80 bits per heavy atom. The molecular weight excluding hydrogens is 644 g/mol. The lowest BCUT2D eigenvalue weighted by molar-refractivity contribution is -0.149. The first kappa shape index (κ1) is 39.8. The van der Waals surface area contributed by atoms with Gasteiger partial charge in [0.1, 0.15) is 16.7 Å². The van der Waals surface area contributed by atoms with Gasteiger partial charge in [0.15, 0.2) is 11.9 Å². The Kier molecular flexibility index (Phi) is 14.9. The number of benzene rings is 1. The third-order valence-electron chi connectivity index (χ3n) is 9.78. The lowest BCUT2D eigenvalue weighted by atomic mass is 9.83. The fraction of sp³-hybridized carbons (Fsp3) is 0.622. The second-order valence-electron chi connectivity index (χ2n) is 13.9. The molecule has 2 amide bonds. The summed E-state index contributed by atoms with van der Waals surface area (Å²) in [6.45, 7) is 12.1. The summed E-state index contributed by atoms with van der Waals surface area (Å²) >= 11 is 1.13. The van der Waals surface area contributed by atoms with Crippen molar-refractivity contribution in [2.45, 2.75) is 111 Å². The highest BCUT2D eigenvalue weighted by atomic mass is 32.1. The van der Waals surface area contributed by atoms with Crippen LogP contribution in [-0.4, -0.2) is 88.2 Å². The fourth-order valence-corrected chi connectivity index (χ4v) is 7.34. The van der Waals surface area contributed by atoms with Crippen LogP contribution in [-0.2, 0) is 30.3 Å². The number of esters is 1. The molecule has 2 N–H and O–H groups in total. The monoisotopic (exact) mass is 698 g/mol. The Morgan fingerprint density at radius 1 is 1.12 bits per heavy atom. The van der Waals surface area contributed by atoms with Crippen molar-refractivity contribution >= 4 is 40.9 Å². The number of likely N-dealkylation sites (N-methyl/N-ethyl adjacent to an activating group) is 1. The third kappa shape index (κ3) is 11.2. The Labute approximate surface area is 294 Å². The van der Waals surface area contributed by atoms with Crippen LogP contribution < -0.4 is 5.32 Å². The van der Waals surface area contributed by atoms with Gasteiger partial charge in [-0.25, -0.2) is 9.78 Å². The van der Waals surface area contributed by atoms with Crippen LogP contribution in [0.15, 0.2) is 29.6 Å². The number of aryl methyl sites for hydroxylation is 1. The molecule has 0 bridgehead atoms. The van der Waals surface area contributed by atoms with Gasteiger partial charge in [-0.05, 0) is 50.8 Å². The average molecular weight is 699 g/mol. The van der Waals surface area contributed by atoms with Crippen LogP contribution in [0.25, 0.3) is 0 Å². The van der Waals surface area contributed by atoms with Gasteiger partial charge in [0, 0.05) is 50.6 Å². The third-order valence-corrected chi connectivity index (χ3v) is 10.7. The second-order valence-corrected chi connectivity index (χ2v) is 14.8. The summed E-state index contributed by atoms with van der Waals surface area (Å²) in [6, 6.07) is 5.71. The van der Waals surface area contributed by atoms with E-state index in [2.05, 4.69) is 15.2 Å². The Bertz CT molecular complexity index is 1440. The number of Topliss-reactive ketones (excluding diaryl/α,β-unsaturated/α-hetero) is 1. The second kappa shape index (κ2) is 18.4. The number of likely N-dealkylation sites (tertiary alicyclic amines) is 1. The van der Waals surface area contributed by atoms with E-state index in [1.807, 2.05) is 65.9 Å². The molecule has 1 saturated heterocycles. The Hall–Kier alpha value is -3.64. The maximum absolute atomic E-state index is 14.2. The summed E-state index contributed by atoms with van der Waals surface area (Å²) < 4.78 is 5.72. The number of carboxylic acids is 1. The van der Waals surface area contributed by atoms with Crippen LogP contribution in [0.1, 0.15) is 106 Å². The molecule has 1 aliphatic rings. The van der Waals surface area contributed by atoms with E-state index in [9.17, 15) is 29.1 Å². The number of aliphatic carboxylic acids is 1. The van der Waals surface area contributed by atoms with Crippen LogP contribution >= 0.6 is 11.3 Å². The minimum atomic E-state index is -1.17. The summed E-state index contributed by atoms with van der Waals surface area (Å²) in [7, 11) is 3.71. The zero-order valence-corrected chi connectivity index (χ0v) is 31.0. The zero-order valence-electron chi connectivity index (χ0n) is 30.2. The van der Waals surface area contributed by atoms with Gasteiger partial charge in [-0.2, -0.15) is 0 Å². The Balaban J connectivity index is 1.79. The molecule has 2 aromatic rings. The number of amides is 2. The van der Waals surface area contributed by atoms with E-state index in [1.165, 1.54) is 12.3 Å². The molecule has 6 atom stereocenters. The van der Waals surface area contributed by atoms with Crippen LogP contribution in [0.4, 0.5) is 0 Å². The highest BCUT2D eigenvalue weighted by molar-refractivity contribution is 7.09. The van der Waals surface area contributed by atoms with Gasteiger partial charge in [0.2, 0.25) is 5.91 Å². The summed E-state index contributed by atoms with van der Waals surface area (Å²) in [4.78, 5) is 73.3. The smallest absolute Gasteiger partial charge is 0.326 e. The SMILES string of the molecule is CC[C@H](C)[C@H](CC(=O)[C@H]1CCCCN1C)C(=O)N(C)[C@H](C[C@@H](OC(C)=O)c1nc(C(=O)N[C@@H](Cc2ccc(C)cc2)C(=O)O)cs1)C(C)C. The lowest BCUT2D eigenvalue weighted by Gasteiger charge is -2.37. The summed E-state index contributed by atoms with van der Waals surface area (Å²) in [5, 5.41) is 14.2. The number of hydrogen-bond donors (Lipinski definition) is 2. The zero-order chi connectivity index (χ0) is 36.4. The maximum Gasteiger partial charge on any atom is 0.326 e. The number of rotatable bonds is 17. The number of carbonyl (C=O) groups is 5. The number of carboxylic acid groups (broad SMARTS) is 1. The van der Waals surface area contributed by atoms with E-state index in [4.69, 9.17) is 4.74 Å². The molecule has 0 saturated carbocycles. The number of thiazole rings is 1. The molecule has 0 unspecified atom stereocenters. The molecule has 1 fully saturated rings. The standard InChI is InChI=1S/C37H54N4O7S/c1-9-24(5)27(19-32(43)30-12-10-11-17-40(30)7)36(45)41(8)31(22(2)3)20-33(48-25(6)42)35-39-29(21-49-35)34(44)38-28(37(46)47)18-26-15-13-23(4)14-16-26/h13-16,21-22,24,27-28,30-31,33H,9-12,17-20H2,1-8H3,(H,38,44)(H,46,47)/t24-,27-,28-,30+,31+,33+/m0/s1. The predicted octanol–water partition coefficient (Wildman–Crippen LogP) is 5.46. The fourth-order valence-electron chi connectivity index (χ4n) is 6.50. The van der Waals surface area contributed by atoms with Crippen molar-refractivity contribution in [1.29, 1.82) is 0 Å². The summed E-state index contributed by atoms with van der Waals surface area (Å²) in [6.07, 6.45) is 3.28. The first-order chi connectivity index (χ1) is 23.1. The number of ketones is 1. The molecular formula is C37H54N4O7S. The van der Waals surface area contributed by atoms with Crippen molar-refractivity contribution in [3.63, 3.8) is 0 Å². The van der Waals surface area contributed by atoms with E-state index in [-0.39, 0.29) is 60.6 Å². The molecule has 1 aromatic heterocycles. The maximum atomic E-state index is 14.2. The molecule has 3 rings (SSSR count). The highest BCUT2D eigenvalue weighted by Crippen LogP contribution is 2.33. The summed E-state index contributed by atoms with van der Waals surface area (Å²) in [5.41, 5.74) is 1.83. The van der Waals surface area contributed by atoms with Gasteiger partial charge in [-0.15, -0.1) is 11.3 Å². The van der Waals surface area contributed by atoms with Crippen LogP contribution in [0.3, 0.4) is 0 Å². The van der Waals surface area contributed by atoms with Crippen molar-refractivity contribution in [2.75, 3.05) is 20.6 Å². The van der Waals surface area contributed by atoms with Crippen molar-refractivity contribution < 1.29 is 33.8 Å². The van der Waals surface area contributed by atoms with E-state index < -0.39 is 35.9 Å². The molecule has 1 aliphatic heterocycles. The number of piperidine rings is 1. The van der Waals surface area contributed by atoms with Crippen LogP contribution in [0.5, 0.6) is 0 Å².